The Morgan fingerprint density at radius 1 is 1.18 bits per heavy atom. The summed E-state index contributed by atoms with van der Waals surface area (Å²) in [5.41, 5.74) is 0. The fourth-order valence-corrected chi connectivity index (χ4v) is 4.32. The highest BCUT2D eigenvalue weighted by atomic mass is 35.5. The minimum absolute atomic E-state index is 0. The molecule has 2 aliphatic rings. The van der Waals surface area contributed by atoms with Crippen molar-refractivity contribution in [1.29, 1.82) is 0 Å². The number of hydrogen-bond donors (Lipinski definition) is 1. The highest BCUT2D eigenvalue weighted by Gasteiger charge is 2.30. The summed E-state index contributed by atoms with van der Waals surface area (Å²) < 4.78 is 0. The molecule has 0 aromatic heterocycles. The molecule has 22 heavy (non-hydrogen) atoms. The lowest BCUT2D eigenvalue weighted by Gasteiger charge is -2.35. The number of hydrogen-bond acceptors (Lipinski definition) is 2. The van der Waals surface area contributed by atoms with Crippen molar-refractivity contribution in [3.05, 3.63) is 0 Å². The van der Waals surface area contributed by atoms with E-state index in [0.717, 1.165) is 44.8 Å². The summed E-state index contributed by atoms with van der Waals surface area (Å²) in [5, 5.41) is 3.27. The van der Waals surface area contributed by atoms with Crippen molar-refractivity contribution in [2.75, 3.05) is 26.7 Å². The van der Waals surface area contributed by atoms with Crippen LogP contribution in [0.15, 0.2) is 0 Å². The molecular weight excluding hydrogens is 296 g/mol. The number of nitrogens with zero attached hydrogens (tertiary/aromatic N) is 1. The molecule has 0 radical (unpaired) electrons. The standard InChI is InChI=1S/C18H34N2O.ClH/c1-3-7-17(12-15-8-4-5-9-15)18(21)20-11-6-10-16(14-20)13-19-2;/h15-17,19H,3-14H2,1-2H3;1H. The molecule has 1 heterocycles. The van der Waals surface area contributed by atoms with Gasteiger partial charge in [0, 0.05) is 19.0 Å². The predicted molar refractivity (Wildman–Crippen MR) is 95.5 cm³/mol. The normalized spacial score (nSPS) is 24.1. The number of rotatable bonds is 7. The van der Waals surface area contributed by atoms with E-state index in [0.29, 0.717) is 17.7 Å². The van der Waals surface area contributed by atoms with Gasteiger partial charge in [0.2, 0.25) is 5.91 Å². The Kier molecular flexibility index (Phi) is 9.42. The Morgan fingerprint density at radius 2 is 1.86 bits per heavy atom. The van der Waals surface area contributed by atoms with Gasteiger partial charge in [-0.05, 0) is 51.1 Å². The summed E-state index contributed by atoms with van der Waals surface area (Å²) in [4.78, 5) is 15.1. The molecule has 1 saturated heterocycles. The van der Waals surface area contributed by atoms with E-state index < -0.39 is 0 Å². The molecule has 2 fully saturated rings. The third-order valence-corrected chi connectivity index (χ3v) is 5.40. The smallest absolute Gasteiger partial charge is 0.225 e. The first kappa shape index (κ1) is 19.8. The molecule has 2 unspecified atom stereocenters. The Labute approximate surface area is 143 Å². The Morgan fingerprint density at radius 3 is 2.50 bits per heavy atom. The first-order chi connectivity index (χ1) is 10.2. The molecule has 1 aliphatic carbocycles. The first-order valence-corrected chi connectivity index (χ1v) is 9.18. The topological polar surface area (TPSA) is 32.3 Å². The number of amides is 1. The van der Waals surface area contributed by atoms with Crippen molar-refractivity contribution in [2.45, 2.75) is 64.7 Å². The van der Waals surface area contributed by atoms with Crippen molar-refractivity contribution in [3.63, 3.8) is 0 Å². The third kappa shape index (κ3) is 5.73. The van der Waals surface area contributed by atoms with Crippen LogP contribution in [0.2, 0.25) is 0 Å². The number of piperidine rings is 1. The molecule has 0 aromatic carbocycles. The molecule has 4 heteroatoms. The lowest BCUT2D eigenvalue weighted by atomic mass is 9.88. The van der Waals surface area contributed by atoms with E-state index in [1.165, 1.54) is 38.5 Å². The average Bonchev–Trinajstić information content (AvgIpc) is 3.00. The van der Waals surface area contributed by atoms with Crippen molar-refractivity contribution < 1.29 is 4.79 Å². The second-order valence-corrected chi connectivity index (χ2v) is 7.22. The predicted octanol–water partition coefficient (Wildman–Crippen LogP) is 3.86. The maximum Gasteiger partial charge on any atom is 0.225 e. The van der Waals surface area contributed by atoms with Crippen LogP contribution in [0.4, 0.5) is 0 Å². The zero-order valence-corrected chi connectivity index (χ0v) is 15.3. The average molecular weight is 331 g/mol. The number of nitrogens with one attached hydrogen (secondary N) is 1. The van der Waals surface area contributed by atoms with Gasteiger partial charge in [-0.3, -0.25) is 4.79 Å². The van der Waals surface area contributed by atoms with Crippen LogP contribution in [0, 0.1) is 17.8 Å². The second kappa shape index (κ2) is 10.5. The maximum atomic E-state index is 12.9. The SMILES string of the molecule is CCCC(CC1CCCC1)C(=O)N1CCCC(CNC)C1.Cl. The molecule has 2 rings (SSSR count). The van der Waals surface area contributed by atoms with E-state index in [9.17, 15) is 4.79 Å². The van der Waals surface area contributed by atoms with Crippen LogP contribution >= 0.6 is 12.4 Å². The summed E-state index contributed by atoms with van der Waals surface area (Å²) >= 11 is 0. The lowest BCUT2D eigenvalue weighted by molar-refractivity contribution is -0.138. The van der Waals surface area contributed by atoms with E-state index in [1.807, 2.05) is 7.05 Å². The Hall–Kier alpha value is -0.280. The van der Waals surface area contributed by atoms with Gasteiger partial charge in [0.25, 0.3) is 0 Å². The molecule has 1 aliphatic heterocycles. The highest BCUT2D eigenvalue weighted by molar-refractivity contribution is 5.85. The minimum atomic E-state index is 0. The van der Waals surface area contributed by atoms with E-state index in [4.69, 9.17) is 0 Å². The molecule has 2 atom stereocenters. The monoisotopic (exact) mass is 330 g/mol. The lowest BCUT2D eigenvalue weighted by Crippen LogP contribution is -2.45. The van der Waals surface area contributed by atoms with Gasteiger partial charge in [-0.25, -0.2) is 0 Å². The molecule has 0 bridgehead atoms. The van der Waals surface area contributed by atoms with Crippen LogP contribution in [0.5, 0.6) is 0 Å². The fourth-order valence-electron chi connectivity index (χ4n) is 4.32. The molecule has 0 spiro atoms. The zero-order valence-electron chi connectivity index (χ0n) is 14.5. The fraction of sp³-hybridized carbons (Fsp3) is 0.944. The molecule has 1 amide bonds. The molecule has 130 valence electrons. The van der Waals surface area contributed by atoms with Crippen LogP contribution in [-0.4, -0.2) is 37.5 Å². The minimum Gasteiger partial charge on any atom is -0.342 e. The van der Waals surface area contributed by atoms with Gasteiger partial charge in [-0.2, -0.15) is 0 Å². The number of likely N-dealkylation sites (tertiary alicyclic amines) is 1. The molecule has 0 aromatic rings. The van der Waals surface area contributed by atoms with E-state index in [1.54, 1.807) is 0 Å². The van der Waals surface area contributed by atoms with Gasteiger partial charge in [0.1, 0.15) is 0 Å². The van der Waals surface area contributed by atoms with Crippen molar-refractivity contribution in [1.82, 2.24) is 10.2 Å². The highest BCUT2D eigenvalue weighted by Crippen LogP contribution is 2.33. The van der Waals surface area contributed by atoms with Gasteiger partial charge in [0.15, 0.2) is 0 Å². The van der Waals surface area contributed by atoms with E-state index in [2.05, 4.69) is 17.1 Å². The quantitative estimate of drug-likeness (QED) is 0.768. The van der Waals surface area contributed by atoms with Gasteiger partial charge < -0.3 is 10.2 Å². The summed E-state index contributed by atoms with van der Waals surface area (Å²) in [6.45, 7) is 5.23. The number of carbonyl (C=O) groups is 1. The van der Waals surface area contributed by atoms with Crippen molar-refractivity contribution in [2.24, 2.45) is 17.8 Å². The molecule has 3 nitrogen and oxygen atoms in total. The van der Waals surface area contributed by atoms with E-state index in [-0.39, 0.29) is 12.4 Å². The van der Waals surface area contributed by atoms with E-state index >= 15 is 0 Å². The van der Waals surface area contributed by atoms with Crippen LogP contribution in [-0.2, 0) is 4.79 Å². The van der Waals surface area contributed by atoms with Crippen LogP contribution < -0.4 is 5.32 Å². The Bertz CT molecular complexity index is 316. The van der Waals surface area contributed by atoms with Crippen molar-refractivity contribution in [3.8, 4) is 0 Å². The molecule has 1 saturated carbocycles. The molecular formula is C18H35ClN2O. The summed E-state index contributed by atoms with van der Waals surface area (Å²) in [6, 6.07) is 0. The Balaban J connectivity index is 0.00000242. The van der Waals surface area contributed by atoms with Gasteiger partial charge in [-0.15, -0.1) is 12.4 Å². The van der Waals surface area contributed by atoms with Gasteiger partial charge in [0.05, 0.1) is 0 Å². The van der Waals surface area contributed by atoms with Crippen LogP contribution in [0.1, 0.15) is 64.7 Å². The number of carbonyl (C=O) groups excluding carboxylic acids is 1. The molecule has 1 N–H and O–H groups in total. The summed E-state index contributed by atoms with van der Waals surface area (Å²) in [7, 11) is 2.01. The largest absolute Gasteiger partial charge is 0.342 e. The van der Waals surface area contributed by atoms with Crippen LogP contribution in [0.3, 0.4) is 0 Å². The number of halogens is 1. The summed E-state index contributed by atoms with van der Waals surface area (Å²) in [6.07, 6.45) is 11.3. The van der Waals surface area contributed by atoms with Crippen LogP contribution in [0.25, 0.3) is 0 Å². The van der Waals surface area contributed by atoms with Gasteiger partial charge in [-0.1, -0.05) is 39.0 Å². The third-order valence-electron chi connectivity index (χ3n) is 5.40. The second-order valence-electron chi connectivity index (χ2n) is 7.22. The van der Waals surface area contributed by atoms with Crippen molar-refractivity contribution >= 4 is 18.3 Å². The first-order valence-electron chi connectivity index (χ1n) is 9.18. The van der Waals surface area contributed by atoms with Gasteiger partial charge >= 0.3 is 0 Å². The zero-order chi connectivity index (χ0) is 15.1. The maximum absolute atomic E-state index is 12.9. The summed E-state index contributed by atoms with van der Waals surface area (Å²) in [5.74, 6) is 2.24.